The van der Waals surface area contributed by atoms with Gasteiger partial charge in [0.1, 0.15) is 11.7 Å². The number of anilines is 1. The number of carbonyl (C=O) groups excluding carboxylic acids is 2. The van der Waals surface area contributed by atoms with Crippen LogP contribution in [0.5, 0.6) is 0 Å². The van der Waals surface area contributed by atoms with Crippen LogP contribution in [0.1, 0.15) is 59.3 Å². The molecule has 2 atom stereocenters. The summed E-state index contributed by atoms with van der Waals surface area (Å²) in [6.07, 6.45) is 6.09. The fourth-order valence-electron chi connectivity index (χ4n) is 6.85. The maximum atomic E-state index is 14.0. The van der Waals surface area contributed by atoms with Crippen molar-refractivity contribution in [1.29, 1.82) is 0 Å². The van der Waals surface area contributed by atoms with Crippen LogP contribution in [0.15, 0.2) is 59.5 Å². The number of H-pyrrole nitrogens is 1. The highest BCUT2D eigenvalue weighted by Gasteiger charge is 2.58. The summed E-state index contributed by atoms with van der Waals surface area (Å²) in [4.78, 5) is 43.2. The van der Waals surface area contributed by atoms with Gasteiger partial charge in [0.15, 0.2) is 0 Å². The summed E-state index contributed by atoms with van der Waals surface area (Å²) in [5, 5.41) is 10.2. The van der Waals surface area contributed by atoms with Crippen LogP contribution in [-0.4, -0.2) is 50.4 Å². The average molecular weight is 541 g/mol. The topological polar surface area (TPSA) is 123 Å². The molecule has 1 saturated carbocycles. The number of amides is 2. The predicted octanol–water partition coefficient (Wildman–Crippen LogP) is 3.27. The zero-order valence-electron chi connectivity index (χ0n) is 22.4. The molecule has 7 rings (SSSR count). The third-order valence-electron chi connectivity index (χ3n) is 8.98. The SMILES string of the molecule is Cn1nccc1C(=O)N[C@H](C(=O)Nc1ccc2c(c1)[nH]c(=O)n2C1CCOCC1)C1c2ccccc2CC12CC2. The average Bonchev–Trinajstić information content (AvgIpc) is 3.29. The van der Waals surface area contributed by atoms with Gasteiger partial charge in [-0.2, -0.15) is 5.10 Å². The van der Waals surface area contributed by atoms with Gasteiger partial charge in [0.25, 0.3) is 5.91 Å². The van der Waals surface area contributed by atoms with Gasteiger partial charge in [0.2, 0.25) is 5.91 Å². The van der Waals surface area contributed by atoms with Crippen molar-refractivity contribution in [2.45, 2.75) is 50.1 Å². The van der Waals surface area contributed by atoms with Crippen LogP contribution in [-0.2, 0) is 23.0 Å². The Morgan fingerprint density at radius 1 is 1.12 bits per heavy atom. The Balaban J connectivity index is 1.21. The number of imidazole rings is 1. The first-order valence-corrected chi connectivity index (χ1v) is 13.9. The molecule has 4 aromatic rings. The number of hydrogen-bond acceptors (Lipinski definition) is 5. The van der Waals surface area contributed by atoms with Crippen LogP contribution >= 0.6 is 0 Å². The Morgan fingerprint density at radius 2 is 1.93 bits per heavy atom. The second-order valence-corrected chi connectivity index (χ2v) is 11.4. The van der Waals surface area contributed by atoms with Crippen molar-refractivity contribution < 1.29 is 14.3 Å². The molecule has 0 radical (unpaired) electrons. The number of aromatic amines is 1. The van der Waals surface area contributed by atoms with E-state index in [2.05, 4.69) is 32.8 Å². The molecular weight excluding hydrogens is 508 g/mol. The zero-order valence-corrected chi connectivity index (χ0v) is 22.4. The van der Waals surface area contributed by atoms with Crippen molar-refractivity contribution in [2.24, 2.45) is 12.5 Å². The first-order chi connectivity index (χ1) is 19.4. The molecule has 1 unspecified atom stereocenters. The van der Waals surface area contributed by atoms with Gasteiger partial charge in [-0.05, 0) is 72.9 Å². The number of benzene rings is 2. The first-order valence-electron chi connectivity index (χ1n) is 13.9. The highest BCUT2D eigenvalue weighted by Crippen LogP contribution is 2.64. The number of aromatic nitrogens is 4. The molecule has 2 aromatic carbocycles. The lowest BCUT2D eigenvalue weighted by atomic mass is 9.82. The number of nitrogens with zero attached hydrogens (tertiary/aromatic N) is 3. The normalized spacial score (nSPS) is 20.4. The van der Waals surface area contributed by atoms with E-state index in [1.54, 1.807) is 29.9 Å². The summed E-state index contributed by atoms with van der Waals surface area (Å²) >= 11 is 0. The molecule has 3 heterocycles. The molecule has 2 aromatic heterocycles. The van der Waals surface area contributed by atoms with E-state index in [0.717, 1.165) is 43.2 Å². The highest BCUT2D eigenvalue weighted by molar-refractivity contribution is 6.02. The molecule has 2 amide bonds. The molecule has 40 heavy (non-hydrogen) atoms. The maximum absolute atomic E-state index is 14.0. The van der Waals surface area contributed by atoms with Crippen molar-refractivity contribution in [3.63, 3.8) is 0 Å². The van der Waals surface area contributed by atoms with E-state index in [1.807, 2.05) is 24.3 Å². The van der Waals surface area contributed by atoms with E-state index in [1.165, 1.54) is 10.2 Å². The summed E-state index contributed by atoms with van der Waals surface area (Å²) in [6, 6.07) is 14.7. The maximum Gasteiger partial charge on any atom is 0.326 e. The van der Waals surface area contributed by atoms with Crippen molar-refractivity contribution in [3.05, 3.63) is 82.0 Å². The number of aryl methyl sites for hydroxylation is 1. The van der Waals surface area contributed by atoms with Crippen LogP contribution in [0.25, 0.3) is 11.0 Å². The summed E-state index contributed by atoms with van der Waals surface area (Å²) < 4.78 is 8.77. The highest BCUT2D eigenvalue weighted by atomic mass is 16.5. The molecule has 2 fully saturated rings. The van der Waals surface area contributed by atoms with Crippen molar-refractivity contribution in [1.82, 2.24) is 24.6 Å². The number of carbonyl (C=O) groups is 2. The standard InChI is InChI=1S/C30H32N6O4/c1-35-24(8-13-31-35)27(37)34-26(25-21-5-3-2-4-18(21)17-30(25)11-12-30)28(38)32-19-6-7-23-22(16-19)33-29(39)36(23)20-9-14-40-15-10-20/h2-8,13,16,20,25-26H,9-12,14-15,17H2,1H3,(H,32,38)(H,33,39)(H,34,37)/t25?,26-/m0/s1. The second-order valence-electron chi connectivity index (χ2n) is 11.4. The molecule has 3 N–H and O–H groups in total. The Hall–Kier alpha value is -4.18. The molecule has 3 aliphatic rings. The van der Waals surface area contributed by atoms with Crippen LogP contribution in [0.2, 0.25) is 0 Å². The van der Waals surface area contributed by atoms with Crippen molar-refractivity contribution in [2.75, 3.05) is 18.5 Å². The Morgan fingerprint density at radius 3 is 2.67 bits per heavy atom. The fourth-order valence-corrected chi connectivity index (χ4v) is 6.85. The van der Waals surface area contributed by atoms with Crippen molar-refractivity contribution >= 4 is 28.5 Å². The van der Waals surface area contributed by atoms with Crippen LogP contribution in [0.4, 0.5) is 5.69 Å². The van der Waals surface area contributed by atoms with Crippen LogP contribution in [0, 0.1) is 5.41 Å². The van der Waals surface area contributed by atoms with Crippen LogP contribution in [0.3, 0.4) is 0 Å². The Kier molecular flexibility index (Phi) is 5.88. The van der Waals surface area contributed by atoms with Gasteiger partial charge in [-0.1, -0.05) is 24.3 Å². The summed E-state index contributed by atoms with van der Waals surface area (Å²) in [5.74, 6) is -0.762. The molecule has 206 valence electrons. The Bertz CT molecular complexity index is 1670. The second kappa shape index (κ2) is 9.48. The third-order valence-corrected chi connectivity index (χ3v) is 8.98. The minimum Gasteiger partial charge on any atom is -0.381 e. The number of fused-ring (bicyclic) bond motifs is 2. The lowest BCUT2D eigenvalue weighted by Crippen LogP contribution is -2.49. The zero-order chi connectivity index (χ0) is 27.4. The third kappa shape index (κ3) is 4.14. The number of ether oxygens (including phenoxy) is 1. The predicted molar refractivity (Wildman–Crippen MR) is 149 cm³/mol. The fraction of sp³-hybridized carbons (Fsp3) is 0.400. The van der Waals surface area contributed by atoms with Gasteiger partial charge < -0.3 is 20.4 Å². The number of rotatable bonds is 6. The summed E-state index contributed by atoms with van der Waals surface area (Å²) in [7, 11) is 1.71. The molecule has 1 saturated heterocycles. The van der Waals surface area contributed by atoms with Gasteiger partial charge in [-0.25, -0.2) is 4.79 Å². The molecule has 1 aliphatic heterocycles. The molecule has 10 heteroatoms. The number of nitrogens with one attached hydrogen (secondary N) is 3. The molecule has 1 spiro atoms. The van der Waals surface area contributed by atoms with Gasteiger partial charge >= 0.3 is 5.69 Å². The van der Waals surface area contributed by atoms with Crippen molar-refractivity contribution in [3.8, 4) is 0 Å². The molecule has 2 aliphatic carbocycles. The van der Waals surface area contributed by atoms with E-state index in [9.17, 15) is 14.4 Å². The summed E-state index contributed by atoms with van der Waals surface area (Å²) in [6.45, 7) is 1.27. The minimum absolute atomic E-state index is 0.0262. The lowest BCUT2D eigenvalue weighted by Gasteiger charge is -2.29. The van der Waals surface area contributed by atoms with Gasteiger partial charge in [0.05, 0.1) is 11.0 Å². The Labute approximate surface area is 230 Å². The van der Waals surface area contributed by atoms with Gasteiger partial charge in [0, 0.05) is 44.1 Å². The summed E-state index contributed by atoms with van der Waals surface area (Å²) in [5.41, 5.74) is 4.60. The quantitative estimate of drug-likeness (QED) is 0.346. The van der Waals surface area contributed by atoms with E-state index in [4.69, 9.17) is 4.74 Å². The van der Waals surface area contributed by atoms with E-state index < -0.39 is 6.04 Å². The molecule has 0 bridgehead atoms. The molecular formula is C30H32N6O4. The minimum atomic E-state index is -0.782. The van der Waals surface area contributed by atoms with E-state index >= 15 is 0 Å². The molecule has 10 nitrogen and oxygen atoms in total. The van der Waals surface area contributed by atoms with Gasteiger partial charge in [-0.15, -0.1) is 0 Å². The van der Waals surface area contributed by atoms with E-state index in [-0.39, 0.29) is 34.9 Å². The van der Waals surface area contributed by atoms with Gasteiger partial charge in [-0.3, -0.25) is 18.8 Å². The number of hydrogen-bond donors (Lipinski definition) is 3. The first kappa shape index (κ1) is 24.8. The van der Waals surface area contributed by atoms with E-state index in [0.29, 0.717) is 30.1 Å². The smallest absolute Gasteiger partial charge is 0.326 e. The largest absolute Gasteiger partial charge is 0.381 e. The lowest BCUT2D eigenvalue weighted by molar-refractivity contribution is -0.118. The monoisotopic (exact) mass is 540 g/mol. The van der Waals surface area contributed by atoms with Crippen LogP contribution < -0.4 is 16.3 Å².